The fourth-order valence-corrected chi connectivity index (χ4v) is 1.52. The predicted molar refractivity (Wildman–Crippen MR) is 65.3 cm³/mol. The summed E-state index contributed by atoms with van der Waals surface area (Å²) in [5, 5.41) is 2.62. The second kappa shape index (κ2) is 5.03. The van der Waals surface area contributed by atoms with Crippen LogP contribution in [-0.4, -0.2) is 30.6 Å². The molecular weight excluding hydrogens is 238 g/mol. The number of carbonyl (C=O) groups excluding carboxylic acids is 1. The number of rotatable bonds is 4. The van der Waals surface area contributed by atoms with E-state index in [4.69, 9.17) is 14.9 Å². The summed E-state index contributed by atoms with van der Waals surface area (Å²) in [5.74, 6) is -0.897. The van der Waals surface area contributed by atoms with E-state index in [1.54, 1.807) is 18.2 Å². The zero-order valence-corrected chi connectivity index (χ0v) is 9.73. The molecule has 1 unspecified atom stereocenters. The molecule has 0 saturated carbocycles. The molecule has 4 N–H and O–H groups in total. The van der Waals surface area contributed by atoms with Crippen molar-refractivity contribution in [3.8, 4) is 0 Å². The second-order valence-electron chi connectivity index (χ2n) is 3.78. The van der Waals surface area contributed by atoms with Crippen molar-refractivity contribution in [2.45, 2.75) is 6.04 Å². The van der Waals surface area contributed by atoms with E-state index in [9.17, 15) is 9.59 Å². The van der Waals surface area contributed by atoms with Gasteiger partial charge in [-0.1, -0.05) is 0 Å². The van der Waals surface area contributed by atoms with Gasteiger partial charge in [-0.2, -0.15) is 0 Å². The Morgan fingerprint density at radius 3 is 3.11 bits per heavy atom. The average Bonchev–Trinajstić information content (AvgIpc) is 2.68. The molecule has 2 aromatic rings. The van der Waals surface area contributed by atoms with E-state index in [0.717, 1.165) is 0 Å². The minimum absolute atomic E-state index is 0.136. The van der Waals surface area contributed by atoms with Gasteiger partial charge in [0.25, 0.3) is 0 Å². The van der Waals surface area contributed by atoms with Crippen molar-refractivity contribution >= 4 is 22.7 Å². The predicted octanol–water partition coefficient (Wildman–Crippen LogP) is 0.0333. The quantitative estimate of drug-likeness (QED) is 0.710. The SMILES string of the molecule is COCC(N)C(=O)Nc1ccc2oc(=O)[nH]c2c1. The van der Waals surface area contributed by atoms with Crippen molar-refractivity contribution < 1.29 is 13.9 Å². The molecule has 0 aliphatic carbocycles. The van der Waals surface area contributed by atoms with E-state index in [-0.39, 0.29) is 12.5 Å². The van der Waals surface area contributed by atoms with Crippen LogP contribution in [0, 0.1) is 0 Å². The Hall–Kier alpha value is -2.12. The number of aromatic nitrogens is 1. The first-order valence-electron chi connectivity index (χ1n) is 5.28. The molecule has 1 aromatic carbocycles. The Morgan fingerprint density at radius 2 is 2.39 bits per heavy atom. The van der Waals surface area contributed by atoms with Gasteiger partial charge < -0.3 is 20.2 Å². The lowest BCUT2D eigenvalue weighted by Crippen LogP contribution is -2.39. The van der Waals surface area contributed by atoms with Gasteiger partial charge in [0.2, 0.25) is 5.91 Å². The lowest BCUT2D eigenvalue weighted by molar-refractivity contribution is -0.118. The fourth-order valence-electron chi connectivity index (χ4n) is 1.52. The highest BCUT2D eigenvalue weighted by Gasteiger charge is 2.13. The van der Waals surface area contributed by atoms with E-state index in [2.05, 4.69) is 10.3 Å². The van der Waals surface area contributed by atoms with Crippen molar-refractivity contribution in [2.24, 2.45) is 5.73 Å². The minimum atomic E-state index is -0.742. The highest BCUT2D eigenvalue weighted by atomic mass is 16.5. The van der Waals surface area contributed by atoms with Crippen molar-refractivity contribution in [2.75, 3.05) is 19.0 Å². The maximum absolute atomic E-state index is 11.6. The number of oxazole rings is 1. The van der Waals surface area contributed by atoms with Gasteiger partial charge in [-0.25, -0.2) is 4.79 Å². The molecule has 7 heteroatoms. The zero-order chi connectivity index (χ0) is 13.1. The van der Waals surface area contributed by atoms with Crippen LogP contribution in [0.4, 0.5) is 5.69 Å². The van der Waals surface area contributed by atoms with Crippen LogP contribution in [0.2, 0.25) is 0 Å². The normalized spacial score (nSPS) is 12.6. The molecule has 2 rings (SSSR count). The fraction of sp³-hybridized carbons (Fsp3) is 0.273. The van der Waals surface area contributed by atoms with Crippen molar-refractivity contribution in [3.63, 3.8) is 0 Å². The molecule has 0 aliphatic heterocycles. The van der Waals surface area contributed by atoms with Crippen LogP contribution in [0.15, 0.2) is 27.4 Å². The smallest absolute Gasteiger partial charge is 0.408 e. The number of benzene rings is 1. The lowest BCUT2D eigenvalue weighted by Gasteiger charge is -2.10. The van der Waals surface area contributed by atoms with Crippen LogP contribution in [0.5, 0.6) is 0 Å². The van der Waals surface area contributed by atoms with E-state index in [1.165, 1.54) is 7.11 Å². The van der Waals surface area contributed by atoms with Gasteiger partial charge in [0.05, 0.1) is 12.1 Å². The van der Waals surface area contributed by atoms with Crippen LogP contribution in [0.3, 0.4) is 0 Å². The Kier molecular flexibility index (Phi) is 3.45. The molecule has 0 aliphatic rings. The summed E-state index contributed by atoms with van der Waals surface area (Å²) in [6.07, 6.45) is 0. The molecule has 1 amide bonds. The van der Waals surface area contributed by atoms with E-state index in [0.29, 0.717) is 16.8 Å². The molecule has 0 bridgehead atoms. The maximum Gasteiger partial charge on any atom is 0.417 e. The molecule has 0 saturated heterocycles. The number of ether oxygens (including phenoxy) is 1. The van der Waals surface area contributed by atoms with E-state index >= 15 is 0 Å². The summed E-state index contributed by atoms with van der Waals surface area (Å²) in [4.78, 5) is 25.1. The van der Waals surface area contributed by atoms with Crippen LogP contribution in [0.25, 0.3) is 11.1 Å². The van der Waals surface area contributed by atoms with Gasteiger partial charge in [-0.05, 0) is 18.2 Å². The Morgan fingerprint density at radius 1 is 1.61 bits per heavy atom. The molecule has 1 heterocycles. The van der Waals surface area contributed by atoms with Gasteiger partial charge in [-0.15, -0.1) is 0 Å². The number of aromatic amines is 1. The first kappa shape index (κ1) is 12.3. The van der Waals surface area contributed by atoms with Crippen molar-refractivity contribution in [3.05, 3.63) is 28.7 Å². The van der Waals surface area contributed by atoms with Crippen molar-refractivity contribution in [1.29, 1.82) is 0 Å². The number of fused-ring (bicyclic) bond motifs is 1. The third-order valence-corrected chi connectivity index (χ3v) is 2.37. The summed E-state index contributed by atoms with van der Waals surface area (Å²) in [6, 6.07) is 4.06. The molecule has 18 heavy (non-hydrogen) atoms. The summed E-state index contributed by atoms with van der Waals surface area (Å²) < 4.78 is 9.63. The Labute approximate surface area is 102 Å². The van der Waals surface area contributed by atoms with Crippen LogP contribution in [0.1, 0.15) is 0 Å². The van der Waals surface area contributed by atoms with Gasteiger partial charge in [-0.3, -0.25) is 9.78 Å². The third kappa shape index (κ3) is 2.58. The summed E-state index contributed by atoms with van der Waals surface area (Å²) >= 11 is 0. The Balaban J connectivity index is 2.16. The van der Waals surface area contributed by atoms with Crippen LogP contribution >= 0.6 is 0 Å². The monoisotopic (exact) mass is 251 g/mol. The maximum atomic E-state index is 11.6. The summed E-state index contributed by atoms with van der Waals surface area (Å²) in [5.41, 5.74) is 7.05. The number of hydrogen-bond donors (Lipinski definition) is 3. The molecule has 1 atom stereocenters. The number of carbonyl (C=O) groups is 1. The van der Waals surface area contributed by atoms with Gasteiger partial charge in [0.15, 0.2) is 5.58 Å². The standard InChI is InChI=1S/C11H13N3O4/c1-17-5-7(12)10(15)13-6-2-3-9-8(4-6)14-11(16)18-9/h2-4,7H,5,12H2,1H3,(H,13,15)(H,14,16). The number of H-pyrrole nitrogens is 1. The number of hydrogen-bond acceptors (Lipinski definition) is 5. The number of anilines is 1. The van der Waals surface area contributed by atoms with E-state index in [1.807, 2.05) is 0 Å². The minimum Gasteiger partial charge on any atom is -0.408 e. The third-order valence-electron chi connectivity index (χ3n) is 2.37. The molecule has 0 fully saturated rings. The van der Waals surface area contributed by atoms with Crippen molar-refractivity contribution in [1.82, 2.24) is 4.98 Å². The molecule has 96 valence electrons. The van der Waals surface area contributed by atoms with Crippen LogP contribution < -0.4 is 16.8 Å². The average molecular weight is 251 g/mol. The topological polar surface area (TPSA) is 110 Å². The number of nitrogens with one attached hydrogen (secondary N) is 2. The molecule has 0 spiro atoms. The number of methoxy groups -OCH3 is 1. The summed E-state index contributed by atoms with van der Waals surface area (Å²) in [7, 11) is 1.47. The Bertz CT molecular complexity index is 616. The van der Waals surface area contributed by atoms with Gasteiger partial charge in [0.1, 0.15) is 6.04 Å². The first-order chi connectivity index (χ1) is 8.60. The molecular formula is C11H13N3O4. The van der Waals surface area contributed by atoms with Crippen LogP contribution in [-0.2, 0) is 9.53 Å². The number of amides is 1. The molecule has 7 nitrogen and oxygen atoms in total. The highest BCUT2D eigenvalue weighted by molar-refractivity contribution is 5.96. The second-order valence-corrected chi connectivity index (χ2v) is 3.78. The van der Waals surface area contributed by atoms with Gasteiger partial charge >= 0.3 is 5.76 Å². The largest absolute Gasteiger partial charge is 0.417 e. The van der Waals surface area contributed by atoms with E-state index < -0.39 is 11.8 Å². The zero-order valence-electron chi connectivity index (χ0n) is 9.73. The summed E-state index contributed by atoms with van der Waals surface area (Å²) in [6.45, 7) is 0.136. The van der Waals surface area contributed by atoms with Gasteiger partial charge in [0, 0.05) is 12.8 Å². The highest BCUT2D eigenvalue weighted by Crippen LogP contribution is 2.16. The molecule has 0 radical (unpaired) electrons. The number of nitrogens with two attached hydrogens (primary N) is 1. The lowest BCUT2D eigenvalue weighted by atomic mass is 10.2. The molecule has 1 aromatic heterocycles. The first-order valence-corrected chi connectivity index (χ1v) is 5.28.